The van der Waals surface area contributed by atoms with Gasteiger partial charge >= 0.3 is 6.09 Å². The lowest BCUT2D eigenvalue weighted by Gasteiger charge is -2.10. The number of carbonyl (C=O) groups is 1. The summed E-state index contributed by atoms with van der Waals surface area (Å²) in [4.78, 5) is 13.8. The molecule has 0 bridgehead atoms. The maximum Gasteiger partial charge on any atom is 0.410 e. The number of nitrogens with zero attached hydrogens (tertiary/aromatic N) is 1. The van der Waals surface area contributed by atoms with Gasteiger partial charge in [-0.2, -0.15) is 0 Å². The van der Waals surface area contributed by atoms with Crippen molar-refractivity contribution in [3.8, 4) is 0 Å². The summed E-state index contributed by atoms with van der Waals surface area (Å²) in [5.74, 6) is 0. The Labute approximate surface area is 86.6 Å². The Balaban J connectivity index is 2.01. The number of ether oxygens (including phenoxy) is 1. The number of cyclic esters (lactones) is 1. The van der Waals surface area contributed by atoms with E-state index < -0.39 is 0 Å². The minimum atomic E-state index is -0.245. The minimum Gasteiger partial charge on any atom is -0.447 e. The largest absolute Gasteiger partial charge is 0.447 e. The third kappa shape index (κ3) is 1.80. The molecule has 1 aromatic rings. The highest BCUT2D eigenvalue weighted by atomic mass is 32.1. The summed E-state index contributed by atoms with van der Waals surface area (Å²) in [5, 5.41) is 2.03. The molecule has 1 aliphatic heterocycles. The molecular formula is C10H11NO2S. The highest BCUT2D eigenvalue weighted by Crippen LogP contribution is 2.15. The Morgan fingerprint density at radius 2 is 2.57 bits per heavy atom. The lowest BCUT2D eigenvalue weighted by atomic mass is 10.2. The molecule has 4 heteroatoms. The number of rotatable bonds is 2. The van der Waals surface area contributed by atoms with Gasteiger partial charge in [0.25, 0.3) is 0 Å². The van der Waals surface area contributed by atoms with E-state index in [2.05, 4.69) is 0 Å². The van der Waals surface area contributed by atoms with Gasteiger partial charge in [0.2, 0.25) is 0 Å². The van der Waals surface area contributed by atoms with Crippen LogP contribution < -0.4 is 0 Å². The number of likely N-dealkylation sites (N-methyl/N-ethyl adjacent to an activating group) is 1. The van der Waals surface area contributed by atoms with Gasteiger partial charge < -0.3 is 9.64 Å². The third-order valence-corrected chi connectivity index (χ3v) is 3.03. The molecule has 1 saturated heterocycles. The molecule has 3 nitrogen and oxygen atoms in total. The van der Waals surface area contributed by atoms with Crippen molar-refractivity contribution < 1.29 is 9.53 Å². The predicted octanol–water partition coefficient (Wildman–Crippen LogP) is 2.21. The lowest BCUT2D eigenvalue weighted by molar-refractivity contribution is 0.163. The third-order valence-electron chi connectivity index (χ3n) is 2.19. The van der Waals surface area contributed by atoms with Crippen LogP contribution in [-0.4, -0.2) is 30.7 Å². The van der Waals surface area contributed by atoms with Gasteiger partial charge in [0, 0.05) is 11.9 Å². The molecule has 0 N–H and O–H groups in total. The molecule has 0 spiro atoms. The van der Waals surface area contributed by atoms with E-state index in [1.165, 1.54) is 4.88 Å². The zero-order chi connectivity index (χ0) is 9.97. The average molecular weight is 209 g/mol. The number of hydrogen-bond acceptors (Lipinski definition) is 3. The molecule has 2 rings (SSSR count). The van der Waals surface area contributed by atoms with E-state index >= 15 is 0 Å². The van der Waals surface area contributed by atoms with Gasteiger partial charge in [-0.25, -0.2) is 4.79 Å². The van der Waals surface area contributed by atoms with Gasteiger partial charge in [-0.1, -0.05) is 12.1 Å². The molecule has 14 heavy (non-hydrogen) atoms. The van der Waals surface area contributed by atoms with Crippen molar-refractivity contribution in [1.82, 2.24) is 4.90 Å². The number of hydrogen-bond donors (Lipinski definition) is 0. The zero-order valence-corrected chi connectivity index (χ0v) is 8.66. The summed E-state index contributed by atoms with van der Waals surface area (Å²) in [6, 6.07) is 4.12. The van der Waals surface area contributed by atoms with Gasteiger partial charge in [-0.05, 0) is 17.5 Å². The molecule has 74 valence electrons. The Morgan fingerprint density at radius 3 is 3.14 bits per heavy atom. The summed E-state index contributed by atoms with van der Waals surface area (Å²) < 4.78 is 4.89. The summed E-state index contributed by atoms with van der Waals surface area (Å²) in [6.07, 6.45) is 3.77. The number of carbonyl (C=O) groups excluding carboxylic acids is 1. The average Bonchev–Trinajstić information content (AvgIpc) is 2.77. The smallest absolute Gasteiger partial charge is 0.410 e. The fourth-order valence-corrected chi connectivity index (χ4v) is 1.91. The standard InChI is InChI=1S/C10H11NO2S/c1-11-8(7-13-10(11)12)4-5-9-3-2-6-14-9/h2-6,8H,7H2,1H3/b5-4+. The maximum atomic E-state index is 11.0. The normalized spacial score (nSPS) is 21.9. The second-order valence-electron chi connectivity index (χ2n) is 3.13. The van der Waals surface area contributed by atoms with E-state index in [-0.39, 0.29) is 12.1 Å². The monoisotopic (exact) mass is 209 g/mol. The van der Waals surface area contributed by atoms with Gasteiger partial charge in [0.05, 0.1) is 6.04 Å². The van der Waals surface area contributed by atoms with E-state index in [0.717, 1.165) is 0 Å². The highest BCUT2D eigenvalue weighted by molar-refractivity contribution is 7.10. The molecule has 1 atom stereocenters. The minimum absolute atomic E-state index is 0.0737. The van der Waals surface area contributed by atoms with Crippen LogP contribution in [-0.2, 0) is 4.74 Å². The van der Waals surface area contributed by atoms with Crippen LogP contribution in [0.5, 0.6) is 0 Å². The molecule has 1 amide bonds. The fourth-order valence-electron chi connectivity index (χ4n) is 1.28. The Kier molecular flexibility index (Phi) is 2.54. The van der Waals surface area contributed by atoms with Crippen molar-refractivity contribution in [2.24, 2.45) is 0 Å². The summed E-state index contributed by atoms with van der Waals surface area (Å²) >= 11 is 1.68. The van der Waals surface area contributed by atoms with Crippen molar-refractivity contribution in [3.63, 3.8) is 0 Å². The molecule has 0 aromatic carbocycles. The number of amides is 1. The molecule has 0 aliphatic carbocycles. The molecule has 0 radical (unpaired) electrons. The molecule has 1 fully saturated rings. The van der Waals surface area contributed by atoms with Crippen LogP contribution >= 0.6 is 11.3 Å². The first kappa shape index (κ1) is 9.27. The molecule has 2 heterocycles. The van der Waals surface area contributed by atoms with Gasteiger partial charge in [0.1, 0.15) is 6.61 Å². The zero-order valence-electron chi connectivity index (χ0n) is 7.84. The molecule has 1 unspecified atom stereocenters. The van der Waals surface area contributed by atoms with E-state index in [0.29, 0.717) is 6.61 Å². The van der Waals surface area contributed by atoms with Crippen molar-refractivity contribution in [1.29, 1.82) is 0 Å². The first-order valence-electron chi connectivity index (χ1n) is 4.38. The van der Waals surface area contributed by atoms with E-state index in [9.17, 15) is 4.79 Å². The van der Waals surface area contributed by atoms with Crippen LogP contribution in [0.3, 0.4) is 0 Å². The molecule has 0 saturated carbocycles. The highest BCUT2D eigenvalue weighted by Gasteiger charge is 2.26. The Hall–Kier alpha value is -1.29. The Bertz CT molecular complexity index is 345. The van der Waals surface area contributed by atoms with Gasteiger partial charge in [0.15, 0.2) is 0 Å². The summed E-state index contributed by atoms with van der Waals surface area (Å²) in [5.41, 5.74) is 0. The molecule has 1 aromatic heterocycles. The summed E-state index contributed by atoms with van der Waals surface area (Å²) in [6.45, 7) is 0.456. The van der Waals surface area contributed by atoms with Crippen molar-refractivity contribution in [2.45, 2.75) is 6.04 Å². The van der Waals surface area contributed by atoms with Crippen LogP contribution in [0.25, 0.3) is 6.08 Å². The van der Waals surface area contributed by atoms with Crippen LogP contribution in [0, 0.1) is 0 Å². The first-order valence-corrected chi connectivity index (χ1v) is 5.26. The van der Waals surface area contributed by atoms with Crippen LogP contribution in [0.2, 0.25) is 0 Å². The van der Waals surface area contributed by atoms with Crippen molar-refractivity contribution in [3.05, 3.63) is 28.5 Å². The quantitative estimate of drug-likeness (QED) is 0.747. The molecule has 1 aliphatic rings. The van der Waals surface area contributed by atoms with E-state index in [4.69, 9.17) is 4.74 Å². The van der Waals surface area contributed by atoms with Crippen molar-refractivity contribution in [2.75, 3.05) is 13.7 Å². The van der Waals surface area contributed by atoms with Gasteiger partial charge in [-0.3, -0.25) is 0 Å². The second-order valence-corrected chi connectivity index (χ2v) is 4.11. The topological polar surface area (TPSA) is 29.5 Å². The van der Waals surface area contributed by atoms with Crippen molar-refractivity contribution >= 4 is 23.5 Å². The Morgan fingerprint density at radius 1 is 1.71 bits per heavy atom. The maximum absolute atomic E-state index is 11.0. The molecular weight excluding hydrogens is 198 g/mol. The second kappa shape index (κ2) is 3.84. The van der Waals surface area contributed by atoms with Gasteiger partial charge in [-0.15, -0.1) is 11.3 Å². The first-order chi connectivity index (χ1) is 6.77. The fraction of sp³-hybridized carbons (Fsp3) is 0.300. The predicted molar refractivity (Wildman–Crippen MR) is 56.3 cm³/mol. The van der Waals surface area contributed by atoms with Crippen LogP contribution in [0.4, 0.5) is 4.79 Å². The summed E-state index contributed by atoms with van der Waals surface area (Å²) in [7, 11) is 1.75. The van der Waals surface area contributed by atoms with E-state index in [1.54, 1.807) is 23.3 Å². The van der Waals surface area contributed by atoms with Crippen LogP contribution in [0.15, 0.2) is 23.6 Å². The van der Waals surface area contributed by atoms with E-state index in [1.807, 2.05) is 29.7 Å². The SMILES string of the molecule is CN1C(=O)OCC1/C=C/c1cccs1. The number of thiophene rings is 1. The lowest BCUT2D eigenvalue weighted by Crippen LogP contribution is -2.27. The van der Waals surface area contributed by atoms with Crippen LogP contribution in [0.1, 0.15) is 4.88 Å².